The molecule has 0 N–H and O–H groups in total. The summed E-state index contributed by atoms with van der Waals surface area (Å²) < 4.78 is 40.6. The summed E-state index contributed by atoms with van der Waals surface area (Å²) in [7, 11) is 0. The highest BCUT2D eigenvalue weighted by Gasteiger charge is 2.23. The van der Waals surface area contributed by atoms with Crippen molar-refractivity contribution in [1.82, 2.24) is 0 Å². The van der Waals surface area contributed by atoms with Crippen LogP contribution in [0.1, 0.15) is 0 Å². The minimum absolute atomic E-state index is 0.00102. The van der Waals surface area contributed by atoms with E-state index in [2.05, 4.69) is 0 Å². The molecular weight excluding hydrogens is 237 g/mol. The van der Waals surface area contributed by atoms with E-state index in [-0.39, 0.29) is 21.7 Å². The molecule has 16 heavy (non-hydrogen) atoms. The highest BCUT2D eigenvalue weighted by Crippen LogP contribution is 2.42. The number of halogens is 4. The van der Waals surface area contributed by atoms with Crippen molar-refractivity contribution < 1.29 is 13.2 Å². The molecule has 0 saturated heterocycles. The predicted molar refractivity (Wildman–Crippen MR) is 55.8 cm³/mol. The zero-order valence-corrected chi connectivity index (χ0v) is 8.58. The van der Waals surface area contributed by atoms with Gasteiger partial charge in [0.2, 0.25) is 0 Å². The number of fused-ring (bicyclic) bond motifs is 2. The van der Waals surface area contributed by atoms with Crippen LogP contribution in [0.5, 0.6) is 0 Å². The molecule has 0 aliphatic heterocycles. The van der Waals surface area contributed by atoms with Crippen LogP contribution in [-0.2, 0) is 0 Å². The Labute approximate surface area is 94.3 Å². The highest BCUT2D eigenvalue weighted by molar-refractivity contribution is 6.34. The van der Waals surface area contributed by atoms with Crippen LogP contribution in [0, 0.1) is 17.5 Å². The Hall–Kier alpha value is -1.48. The summed E-state index contributed by atoms with van der Waals surface area (Å²) in [5, 5.41) is 0.0921. The van der Waals surface area contributed by atoms with E-state index in [9.17, 15) is 13.2 Å². The molecule has 0 radical (unpaired) electrons. The van der Waals surface area contributed by atoms with Crippen molar-refractivity contribution in [2.24, 2.45) is 0 Å². The third kappa shape index (κ3) is 1.12. The molecule has 4 bridgehead atoms. The second kappa shape index (κ2) is 3.01. The van der Waals surface area contributed by atoms with Gasteiger partial charge in [0.05, 0.1) is 5.02 Å². The van der Waals surface area contributed by atoms with E-state index < -0.39 is 17.5 Å². The maximum absolute atomic E-state index is 13.6. The summed E-state index contributed by atoms with van der Waals surface area (Å²) in [5.74, 6) is -2.17. The molecule has 4 rings (SSSR count). The molecule has 0 aromatic heterocycles. The maximum Gasteiger partial charge on any atom is 0.134 e. The molecule has 0 atom stereocenters. The second-order valence-electron chi connectivity index (χ2n) is 3.63. The van der Waals surface area contributed by atoms with Crippen molar-refractivity contribution in [3.05, 3.63) is 46.7 Å². The molecule has 80 valence electrons. The van der Waals surface area contributed by atoms with Crippen molar-refractivity contribution in [2.75, 3.05) is 0 Å². The van der Waals surface area contributed by atoms with Crippen molar-refractivity contribution >= 4 is 11.6 Å². The summed E-state index contributed by atoms with van der Waals surface area (Å²) in [5.41, 5.74) is 0.472. The van der Waals surface area contributed by atoms with Crippen LogP contribution < -0.4 is 0 Å². The van der Waals surface area contributed by atoms with Crippen molar-refractivity contribution in [3.8, 4) is 22.3 Å². The van der Waals surface area contributed by atoms with Gasteiger partial charge >= 0.3 is 0 Å². The molecule has 2 aromatic rings. The molecule has 0 saturated carbocycles. The Morgan fingerprint density at radius 1 is 0.750 bits per heavy atom. The third-order valence-electron chi connectivity index (χ3n) is 2.68. The van der Waals surface area contributed by atoms with E-state index in [0.717, 1.165) is 12.1 Å². The van der Waals surface area contributed by atoms with E-state index in [1.165, 1.54) is 12.1 Å². The normalized spacial score (nSPS) is 11.8. The quantitative estimate of drug-likeness (QED) is 0.546. The second-order valence-corrected chi connectivity index (χ2v) is 4.03. The van der Waals surface area contributed by atoms with Gasteiger partial charge in [-0.15, -0.1) is 0 Å². The fraction of sp³-hybridized carbons (Fsp3) is 0. The van der Waals surface area contributed by atoms with Gasteiger partial charge in [-0.2, -0.15) is 0 Å². The molecule has 0 nitrogen and oxygen atoms in total. The van der Waals surface area contributed by atoms with Crippen LogP contribution in [0.2, 0.25) is 5.02 Å². The average molecular weight is 241 g/mol. The maximum atomic E-state index is 13.6. The van der Waals surface area contributed by atoms with Crippen LogP contribution in [0.3, 0.4) is 0 Å². The number of hydrogen-bond donors (Lipinski definition) is 0. The smallest absolute Gasteiger partial charge is 0.134 e. The Kier molecular flexibility index (Phi) is 1.83. The minimum Gasteiger partial charge on any atom is -0.206 e. The predicted octanol–water partition coefficient (Wildman–Crippen LogP) is 4.40. The van der Waals surface area contributed by atoms with Crippen LogP contribution in [0.25, 0.3) is 22.3 Å². The molecule has 4 heteroatoms. The summed E-state index contributed by atoms with van der Waals surface area (Å²) in [4.78, 5) is 0. The van der Waals surface area contributed by atoms with Crippen molar-refractivity contribution in [2.45, 2.75) is 0 Å². The number of hydrogen-bond acceptors (Lipinski definition) is 0. The summed E-state index contributed by atoms with van der Waals surface area (Å²) in [6.07, 6.45) is 0. The first-order valence-corrected chi connectivity index (χ1v) is 4.94. The Morgan fingerprint density at radius 3 is 2.12 bits per heavy atom. The molecule has 2 aromatic carbocycles. The van der Waals surface area contributed by atoms with Gasteiger partial charge in [0.1, 0.15) is 17.5 Å². The molecule has 0 amide bonds. The van der Waals surface area contributed by atoms with Gasteiger partial charge < -0.3 is 0 Å². The van der Waals surface area contributed by atoms with Gasteiger partial charge in [0.25, 0.3) is 0 Å². The number of rotatable bonds is 0. The van der Waals surface area contributed by atoms with Crippen molar-refractivity contribution in [3.63, 3.8) is 0 Å². The van der Waals surface area contributed by atoms with Crippen LogP contribution in [-0.4, -0.2) is 0 Å². The average Bonchev–Trinajstić information content (AvgIpc) is 2.39. The van der Waals surface area contributed by atoms with E-state index in [1.54, 1.807) is 0 Å². The van der Waals surface area contributed by atoms with Gasteiger partial charge in [-0.1, -0.05) is 11.6 Å². The van der Waals surface area contributed by atoms with Crippen LogP contribution in [0.15, 0.2) is 24.3 Å². The molecule has 0 unspecified atom stereocenters. The van der Waals surface area contributed by atoms with Gasteiger partial charge in [0, 0.05) is 22.8 Å². The standard InChI is InChI=1S/C12H4ClF3/c13-8-1-5-2-11(16)12(8)7-3-6(5)9(14)4-10(7)15/h1-4H. The minimum atomic E-state index is -0.811. The lowest BCUT2D eigenvalue weighted by Crippen LogP contribution is -1.88. The first kappa shape index (κ1) is 9.73. The Morgan fingerprint density at radius 2 is 1.44 bits per heavy atom. The lowest BCUT2D eigenvalue weighted by atomic mass is 10.1. The summed E-state index contributed by atoms with van der Waals surface area (Å²) in [6.45, 7) is 0. The van der Waals surface area contributed by atoms with Gasteiger partial charge in [-0.25, -0.2) is 13.2 Å². The lowest BCUT2D eigenvalue weighted by molar-refractivity contribution is 0.587. The zero-order chi connectivity index (χ0) is 11.4. The molecule has 2 aliphatic rings. The largest absolute Gasteiger partial charge is 0.206 e. The Balaban J connectivity index is 2.55. The molecule has 0 heterocycles. The van der Waals surface area contributed by atoms with E-state index in [0.29, 0.717) is 5.56 Å². The zero-order valence-electron chi connectivity index (χ0n) is 7.82. The van der Waals surface area contributed by atoms with Crippen LogP contribution >= 0.6 is 11.6 Å². The van der Waals surface area contributed by atoms with E-state index in [4.69, 9.17) is 11.6 Å². The molecule has 2 aliphatic carbocycles. The summed E-state index contributed by atoms with van der Waals surface area (Å²) in [6, 6.07) is 4.63. The van der Waals surface area contributed by atoms with Gasteiger partial charge in [0.15, 0.2) is 0 Å². The van der Waals surface area contributed by atoms with Crippen LogP contribution in [0.4, 0.5) is 13.2 Å². The van der Waals surface area contributed by atoms with E-state index >= 15 is 0 Å². The molecular formula is C12H4ClF3. The first-order chi connectivity index (χ1) is 7.58. The number of benzene rings is 2. The van der Waals surface area contributed by atoms with Gasteiger partial charge in [-0.3, -0.25) is 0 Å². The molecule has 0 fully saturated rings. The molecule has 0 spiro atoms. The summed E-state index contributed by atoms with van der Waals surface area (Å²) >= 11 is 5.83. The van der Waals surface area contributed by atoms with Crippen molar-refractivity contribution in [1.29, 1.82) is 0 Å². The topological polar surface area (TPSA) is 0 Å². The first-order valence-electron chi connectivity index (χ1n) is 4.57. The Bertz CT molecular complexity index is 597. The van der Waals surface area contributed by atoms with E-state index in [1.807, 2.05) is 0 Å². The third-order valence-corrected chi connectivity index (χ3v) is 2.98. The lowest BCUT2D eigenvalue weighted by Gasteiger charge is -2.03. The SMILES string of the molecule is Fc1cc(F)c2cc1-c1cc(F)c-2c(Cl)c1. The van der Waals surface area contributed by atoms with Gasteiger partial charge in [-0.05, 0) is 23.8 Å². The highest BCUT2D eigenvalue weighted by atomic mass is 35.5. The fourth-order valence-corrected chi connectivity index (χ4v) is 2.26. The fourth-order valence-electron chi connectivity index (χ4n) is 1.95. The monoisotopic (exact) mass is 240 g/mol.